The number of nitrogens with zero attached hydrogens (tertiary/aromatic N) is 2. The Morgan fingerprint density at radius 1 is 1.32 bits per heavy atom. The van der Waals surface area contributed by atoms with E-state index in [2.05, 4.69) is 0 Å². The second-order valence-electron chi connectivity index (χ2n) is 4.31. The molecule has 0 aliphatic rings. The van der Waals surface area contributed by atoms with Crippen LogP contribution in [0.5, 0.6) is 0 Å². The summed E-state index contributed by atoms with van der Waals surface area (Å²) in [5.74, 6) is -0.768. The molecule has 110 valence electrons. The van der Waals surface area contributed by atoms with Crippen LogP contribution in [-0.4, -0.2) is 10.9 Å². The zero-order valence-corrected chi connectivity index (χ0v) is 11.9. The fourth-order valence-electron chi connectivity index (χ4n) is 1.74. The molecule has 0 bridgehead atoms. The molecule has 7 heteroatoms. The van der Waals surface area contributed by atoms with Crippen LogP contribution in [0.4, 0.5) is 5.69 Å². The maximum absolute atomic E-state index is 12.0. The van der Waals surface area contributed by atoms with E-state index in [0.717, 1.165) is 6.07 Å². The Morgan fingerprint density at radius 3 is 2.77 bits per heavy atom. The third-order valence-electron chi connectivity index (χ3n) is 2.81. The first-order valence-corrected chi connectivity index (χ1v) is 6.49. The third kappa shape index (κ3) is 3.59. The number of nitriles is 1. The normalized spacial score (nSPS) is 9.82. The number of rotatable bonds is 4. The van der Waals surface area contributed by atoms with Gasteiger partial charge in [0.15, 0.2) is 0 Å². The lowest BCUT2D eigenvalue weighted by atomic mass is 10.1. The molecular formula is C15H9ClN2O4. The summed E-state index contributed by atoms with van der Waals surface area (Å²) in [7, 11) is 0. The molecule has 0 aliphatic heterocycles. The van der Waals surface area contributed by atoms with Crippen molar-refractivity contribution in [2.24, 2.45) is 0 Å². The largest absolute Gasteiger partial charge is 0.457 e. The average molecular weight is 317 g/mol. The van der Waals surface area contributed by atoms with Gasteiger partial charge in [0.25, 0.3) is 5.69 Å². The monoisotopic (exact) mass is 316 g/mol. The molecule has 0 atom stereocenters. The third-order valence-corrected chi connectivity index (χ3v) is 3.14. The van der Waals surface area contributed by atoms with Crippen LogP contribution in [0.25, 0.3) is 0 Å². The molecule has 0 saturated carbocycles. The van der Waals surface area contributed by atoms with Gasteiger partial charge >= 0.3 is 5.97 Å². The van der Waals surface area contributed by atoms with Gasteiger partial charge in [-0.25, -0.2) is 4.79 Å². The van der Waals surface area contributed by atoms with Gasteiger partial charge in [-0.1, -0.05) is 23.7 Å². The van der Waals surface area contributed by atoms with E-state index in [0.29, 0.717) is 11.1 Å². The molecule has 0 fully saturated rings. The van der Waals surface area contributed by atoms with Gasteiger partial charge in [0, 0.05) is 12.1 Å². The van der Waals surface area contributed by atoms with E-state index in [1.807, 2.05) is 6.07 Å². The standard InChI is InChI=1S/C15H9ClN2O4/c16-14-5-4-12(18(20)21)7-13(14)15(19)22-9-11-3-1-2-10(6-11)8-17/h1-7H,9H2. The topological polar surface area (TPSA) is 93.2 Å². The number of hydrogen-bond donors (Lipinski definition) is 0. The van der Waals surface area contributed by atoms with Gasteiger partial charge in [0.1, 0.15) is 6.61 Å². The van der Waals surface area contributed by atoms with Gasteiger partial charge in [0.2, 0.25) is 0 Å². The van der Waals surface area contributed by atoms with Crippen LogP contribution in [0.2, 0.25) is 5.02 Å². The van der Waals surface area contributed by atoms with E-state index in [-0.39, 0.29) is 22.9 Å². The summed E-state index contributed by atoms with van der Waals surface area (Å²) in [4.78, 5) is 22.1. The summed E-state index contributed by atoms with van der Waals surface area (Å²) in [6.45, 7) is -0.0621. The first-order chi connectivity index (χ1) is 10.5. The summed E-state index contributed by atoms with van der Waals surface area (Å²) in [6, 6.07) is 12.1. The number of hydrogen-bond acceptors (Lipinski definition) is 5. The van der Waals surface area contributed by atoms with Crippen molar-refractivity contribution in [2.45, 2.75) is 6.61 Å². The van der Waals surface area contributed by atoms with Gasteiger partial charge in [0.05, 0.1) is 27.1 Å². The second kappa shape index (κ2) is 6.70. The lowest BCUT2D eigenvalue weighted by molar-refractivity contribution is -0.384. The highest BCUT2D eigenvalue weighted by Gasteiger charge is 2.17. The highest BCUT2D eigenvalue weighted by atomic mass is 35.5. The van der Waals surface area contributed by atoms with Crippen LogP contribution in [-0.2, 0) is 11.3 Å². The lowest BCUT2D eigenvalue weighted by Crippen LogP contribution is -2.06. The number of esters is 1. The van der Waals surface area contributed by atoms with Crippen LogP contribution in [0.3, 0.4) is 0 Å². The van der Waals surface area contributed by atoms with E-state index in [1.165, 1.54) is 12.1 Å². The van der Waals surface area contributed by atoms with E-state index in [1.54, 1.807) is 24.3 Å². The van der Waals surface area contributed by atoms with Crippen molar-refractivity contribution in [1.82, 2.24) is 0 Å². The Hall–Kier alpha value is -2.91. The van der Waals surface area contributed by atoms with Crippen LogP contribution in [0, 0.1) is 21.4 Å². The molecule has 2 aromatic carbocycles. The SMILES string of the molecule is N#Cc1cccc(COC(=O)c2cc([N+](=O)[O-])ccc2Cl)c1. The minimum Gasteiger partial charge on any atom is -0.457 e. The summed E-state index contributed by atoms with van der Waals surface area (Å²) in [5, 5.41) is 19.6. The van der Waals surface area contributed by atoms with E-state index in [4.69, 9.17) is 21.6 Å². The van der Waals surface area contributed by atoms with Gasteiger partial charge in [-0.05, 0) is 23.8 Å². The Labute approximate surface area is 130 Å². The van der Waals surface area contributed by atoms with Crippen molar-refractivity contribution in [3.63, 3.8) is 0 Å². The zero-order chi connectivity index (χ0) is 16.1. The van der Waals surface area contributed by atoms with E-state index >= 15 is 0 Å². The fourth-order valence-corrected chi connectivity index (χ4v) is 1.94. The Balaban J connectivity index is 2.14. The summed E-state index contributed by atoms with van der Waals surface area (Å²) >= 11 is 5.86. The van der Waals surface area contributed by atoms with Crippen LogP contribution < -0.4 is 0 Å². The van der Waals surface area contributed by atoms with Crippen molar-refractivity contribution in [3.05, 3.63) is 74.3 Å². The molecule has 0 heterocycles. The molecule has 0 saturated heterocycles. The van der Waals surface area contributed by atoms with Gasteiger partial charge in [-0.15, -0.1) is 0 Å². The van der Waals surface area contributed by atoms with Crippen molar-refractivity contribution >= 4 is 23.3 Å². The highest BCUT2D eigenvalue weighted by Crippen LogP contribution is 2.23. The number of nitro benzene ring substituents is 1. The van der Waals surface area contributed by atoms with Gasteiger partial charge < -0.3 is 4.74 Å². The lowest BCUT2D eigenvalue weighted by Gasteiger charge is -2.06. The molecule has 0 aromatic heterocycles. The first-order valence-electron chi connectivity index (χ1n) is 6.11. The molecule has 2 aromatic rings. The highest BCUT2D eigenvalue weighted by molar-refractivity contribution is 6.33. The van der Waals surface area contributed by atoms with Crippen LogP contribution in [0.1, 0.15) is 21.5 Å². The second-order valence-corrected chi connectivity index (χ2v) is 4.72. The van der Waals surface area contributed by atoms with Crippen molar-refractivity contribution in [1.29, 1.82) is 5.26 Å². The minimum atomic E-state index is -0.768. The molecule has 0 amide bonds. The van der Waals surface area contributed by atoms with E-state index < -0.39 is 10.9 Å². The summed E-state index contributed by atoms with van der Waals surface area (Å²) < 4.78 is 5.07. The van der Waals surface area contributed by atoms with Gasteiger partial charge in [-0.3, -0.25) is 10.1 Å². The van der Waals surface area contributed by atoms with Crippen LogP contribution >= 0.6 is 11.6 Å². The molecule has 2 rings (SSSR count). The van der Waals surface area contributed by atoms with Gasteiger partial charge in [-0.2, -0.15) is 5.26 Å². The maximum atomic E-state index is 12.0. The Bertz CT molecular complexity index is 783. The number of nitro groups is 1. The predicted octanol–water partition coefficient (Wildman–Crippen LogP) is 3.48. The molecule has 6 nitrogen and oxygen atoms in total. The molecule has 0 unspecified atom stereocenters. The number of non-ortho nitro benzene ring substituents is 1. The smallest absolute Gasteiger partial charge is 0.340 e. The summed E-state index contributed by atoms with van der Waals surface area (Å²) in [6.07, 6.45) is 0. The molecule has 0 N–H and O–H groups in total. The average Bonchev–Trinajstić information content (AvgIpc) is 2.53. The minimum absolute atomic E-state index is 0.0621. The van der Waals surface area contributed by atoms with Crippen LogP contribution in [0.15, 0.2) is 42.5 Å². The quantitative estimate of drug-likeness (QED) is 0.489. The maximum Gasteiger partial charge on any atom is 0.340 e. The Kier molecular flexibility index (Phi) is 4.71. The number of carbonyl (C=O) groups is 1. The first kappa shape index (κ1) is 15.5. The molecule has 0 spiro atoms. The number of benzene rings is 2. The molecular weight excluding hydrogens is 308 g/mol. The predicted molar refractivity (Wildman–Crippen MR) is 78.4 cm³/mol. The van der Waals surface area contributed by atoms with Crippen molar-refractivity contribution < 1.29 is 14.5 Å². The Morgan fingerprint density at radius 2 is 2.09 bits per heavy atom. The summed E-state index contributed by atoms with van der Waals surface area (Å²) in [5.41, 5.74) is 0.756. The number of carbonyl (C=O) groups excluding carboxylic acids is 1. The number of halogens is 1. The van der Waals surface area contributed by atoms with Crippen molar-refractivity contribution in [3.8, 4) is 6.07 Å². The molecule has 0 aliphatic carbocycles. The molecule has 22 heavy (non-hydrogen) atoms. The molecule has 0 radical (unpaired) electrons. The number of ether oxygens (including phenoxy) is 1. The van der Waals surface area contributed by atoms with Crippen molar-refractivity contribution in [2.75, 3.05) is 0 Å². The zero-order valence-electron chi connectivity index (χ0n) is 11.2. The fraction of sp³-hybridized carbons (Fsp3) is 0.0667. The van der Waals surface area contributed by atoms with E-state index in [9.17, 15) is 14.9 Å².